The highest BCUT2D eigenvalue weighted by Gasteiger charge is 1.83. The van der Waals surface area contributed by atoms with Crippen molar-refractivity contribution < 1.29 is 4.39 Å². The van der Waals surface area contributed by atoms with Crippen molar-refractivity contribution in [1.29, 1.82) is 0 Å². The van der Waals surface area contributed by atoms with Crippen molar-refractivity contribution in [2.24, 2.45) is 4.99 Å². The largest absolute Gasteiger partial charge is 0.221 e. The lowest BCUT2D eigenvalue weighted by Gasteiger charge is -1.79. The number of rotatable bonds is 1. The van der Waals surface area contributed by atoms with Crippen LogP contribution >= 0.6 is 12.2 Å². The van der Waals surface area contributed by atoms with Crippen molar-refractivity contribution in [1.82, 2.24) is 0 Å². The van der Waals surface area contributed by atoms with Crippen LogP contribution < -0.4 is 0 Å². The van der Waals surface area contributed by atoms with Crippen LogP contribution in [0.25, 0.3) is 0 Å². The number of nitrogens with zero attached hydrogens (tertiary/aromatic N) is 1. The average molecular weight is 105 g/mol. The summed E-state index contributed by atoms with van der Waals surface area (Å²) in [5.41, 5.74) is 0. The van der Waals surface area contributed by atoms with E-state index in [1.165, 1.54) is 6.92 Å². The van der Waals surface area contributed by atoms with E-state index in [9.17, 15) is 4.39 Å². The van der Waals surface area contributed by atoms with E-state index in [0.29, 0.717) is 0 Å². The third-order valence-corrected chi connectivity index (χ3v) is 0.336. The molecule has 34 valence electrons. The topological polar surface area (TPSA) is 12.4 Å². The number of aliphatic imine (C=N–C) groups is 1. The molecule has 0 radical (unpaired) electrons. The van der Waals surface area contributed by atoms with E-state index in [0.717, 1.165) is 0 Å². The predicted octanol–water partition coefficient (Wildman–Crippen LogP) is 1.40. The Labute approximate surface area is 40.9 Å². The van der Waals surface area contributed by atoms with Crippen LogP contribution in [0.4, 0.5) is 4.39 Å². The minimum Gasteiger partial charge on any atom is -0.221 e. The van der Waals surface area contributed by atoms with Crippen molar-refractivity contribution in [3.8, 4) is 0 Å². The molecule has 6 heavy (non-hydrogen) atoms. The molecule has 0 fully saturated rings. The summed E-state index contributed by atoms with van der Waals surface area (Å²) in [4.78, 5) is 3.02. The minimum absolute atomic E-state index is 1.19. The standard InChI is InChI=1S/C3H4FNS/c1-3(4)5-2-6/h3H,1H3. The van der Waals surface area contributed by atoms with Gasteiger partial charge in [0.1, 0.15) is 0 Å². The van der Waals surface area contributed by atoms with Crippen LogP contribution in [0.3, 0.4) is 0 Å². The molecule has 1 nitrogen and oxygen atoms in total. The molecule has 1 atom stereocenters. The number of halogens is 1. The van der Waals surface area contributed by atoms with Crippen LogP contribution in [-0.2, 0) is 0 Å². The summed E-state index contributed by atoms with van der Waals surface area (Å²) in [5, 5.41) is 1.90. The Bertz CT molecular complexity index is 74.9. The number of thiocarbonyl (C=S) groups is 1. The molecular weight excluding hydrogens is 101 g/mol. The molecule has 0 aromatic carbocycles. The van der Waals surface area contributed by atoms with Gasteiger partial charge in [-0.3, -0.25) is 0 Å². The maximum atomic E-state index is 11.4. The summed E-state index contributed by atoms with van der Waals surface area (Å²) in [6, 6.07) is 0. The van der Waals surface area contributed by atoms with Gasteiger partial charge in [-0.1, -0.05) is 0 Å². The molecule has 0 aromatic heterocycles. The Morgan fingerprint density at radius 2 is 2.50 bits per heavy atom. The Morgan fingerprint density at radius 3 is 2.50 bits per heavy atom. The third-order valence-electron chi connectivity index (χ3n) is 0.231. The summed E-state index contributed by atoms with van der Waals surface area (Å²) in [6.45, 7) is 1.29. The fourth-order valence-electron chi connectivity index (χ4n) is 0.0726. The van der Waals surface area contributed by atoms with Gasteiger partial charge in [0.2, 0.25) is 0 Å². The van der Waals surface area contributed by atoms with E-state index in [1.807, 2.05) is 5.16 Å². The minimum atomic E-state index is -1.19. The molecule has 3 heteroatoms. The monoisotopic (exact) mass is 105 g/mol. The average Bonchev–Trinajstić information content (AvgIpc) is 1.35. The lowest BCUT2D eigenvalue weighted by Crippen LogP contribution is -1.80. The molecule has 0 heterocycles. The molecule has 0 aliphatic rings. The first-order valence-corrected chi connectivity index (χ1v) is 1.89. The Morgan fingerprint density at radius 1 is 2.00 bits per heavy atom. The van der Waals surface area contributed by atoms with Crippen LogP contribution in [0, 0.1) is 0 Å². The molecule has 0 aromatic rings. The van der Waals surface area contributed by atoms with Crippen molar-refractivity contribution in [3.63, 3.8) is 0 Å². The lowest BCUT2D eigenvalue weighted by molar-refractivity contribution is 0.378. The van der Waals surface area contributed by atoms with Crippen LogP contribution in [0.15, 0.2) is 4.99 Å². The molecule has 0 N–H and O–H groups in total. The fourth-order valence-corrected chi connectivity index (χ4v) is 0.218. The molecular formula is C3H4FNS. The van der Waals surface area contributed by atoms with Gasteiger partial charge >= 0.3 is 0 Å². The van der Waals surface area contributed by atoms with Crippen LogP contribution in [0.1, 0.15) is 6.92 Å². The van der Waals surface area contributed by atoms with Gasteiger partial charge in [0.15, 0.2) is 6.30 Å². The van der Waals surface area contributed by atoms with E-state index < -0.39 is 6.30 Å². The second kappa shape index (κ2) is 2.94. The first-order valence-electron chi connectivity index (χ1n) is 1.48. The van der Waals surface area contributed by atoms with Gasteiger partial charge in [0, 0.05) is 0 Å². The van der Waals surface area contributed by atoms with Crippen molar-refractivity contribution in [2.45, 2.75) is 13.2 Å². The number of hydrogen-bond donors (Lipinski definition) is 0. The first-order chi connectivity index (χ1) is 2.77. The van der Waals surface area contributed by atoms with Gasteiger partial charge in [-0.2, -0.15) is 4.99 Å². The maximum absolute atomic E-state index is 11.4. The van der Waals surface area contributed by atoms with E-state index in [-0.39, 0.29) is 0 Å². The molecule has 0 rings (SSSR count). The second-order valence-electron chi connectivity index (χ2n) is 0.794. The zero-order valence-corrected chi connectivity index (χ0v) is 4.13. The van der Waals surface area contributed by atoms with E-state index in [4.69, 9.17) is 0 Å². The maximum Gasteiger partial charge on any atom is 0.196 e. The van der Waals surface area contributed by atoms with Crippen LogP contribution in [0.2, 0.25) is 0 Å². The quantitative estimate of drug-likeness (QED) is 0.279. The number of alkyl halides is 1. The Balaban J connectivity index is 3.29. The van der Waals surface area contributed by atoms with Crippen molar-refractivity contribution in [3.05, 3.63) is 0 Å². The van der Waals surface area contributed by atoms with Crippen molar-refractivity contribution in [2.75, 3.05) is 0 Å². The van der Waals surface area contributed by atoms with Crippen LogP contribution in [0.5, 0.6) is 0 Å². The van der Waals surface area contributed by atoms with Crippen molar-refractivity contribution >= 4 is 17.4 Å². The summed E-state index contributed by atoms with van der Waals surface area (Å²) in [6.07, 6.45) is -1.19. The van der Waals surface area contributed by atoms with Gasteiger partial charge in [-0.05, 0) is 19.1 Å². The molecule has 0 aliphatic carbocycles. The summed E-state index contributed by atoms with van der Waals surface area (Å²) in [7, 11) is 0. The number of hydrogen-bond acceptors (Lipinski definition) is 2. The van der Waals surface area contributed by atoms with Gasteiger partial charge in [0.25, 0.3) is 0 Å². The lowest BCUT2D eigenvalue weighted by atomic mass is 10.7. The summed E-state index contributed by atoms with van der Waals surface area (Å²) < 4.78 is 11.4. The molecule has 0 aliphatic heterocycles. The highest BCUT2D eigenvalue weighted by atomic mass is 32.1. The normalized spacial score (nSPS) is 12.3. The first kappa shape index (κ1) is 5.73. The zero-order chi connectivity index (χ0) is 4.99. The molecule has 0 amide bonds. The molecule has 0 saturated carbocycles. The Hall–Kier alpha value is -0.270. The zero-order valence-electron chi connectivity index (χ0n) is 3.31. The summed E-state index contributed by atoms with van der Waals surface area (Å²) >= 11 is 4.07. The van der Waals surface area contributed by atoms with E-state index >= 15 is 0 Å². The molecule has 0 spiro atoms. The molecule has 0 saturated heterocycles. The van der Waals surface area contributed by atoms with Crippen LogP contribution in [-0.4, -0.2) is 11.5 Å². The van der Waals surface area contributed by atoms with Gasteiger partial charge in [-0.25, -0.2) is 4.39 Å². The highest BCUT2D eigenvalue weighted by Crippen LogP contribution is 1.84. The number of isothiocyanates is 1. The van der Waals surface area contributed by atoms with E-state index in [1.54, 1.807) is 0 Å². The summed E-state index contributed by atoms with van der Waals surface area (Å²) in [5.74, 6) is 0. The van der Waals surface area contributed by atoms with Gasteiger partial charge < -0.3 is 0 Å². The third kappa shape index (κ3) is 3.73. The predicted molar refractivity (Wildman–Crippen MR) is 25.6 cm³/mol. The van der Waals surface area contributed by atoms with Gasteiger partial charge in [-0.15, -0.1) is 0 Å². The highest BCUT2D eigenvalue weighted by molar-refractivity contribution is 7.78. The second-order valence-corrected chi connectivity index (χ2v) is 0.977. The molecule has 1 unspecified atom stereocenters. The Kier molecular flexibility index (Phi) is 2.81. The SMILES string of the molecule is CC(F)N=C=S. The fraction of sp³-hybridized carbons (Fsp3) is 0.667. The van der Waals surface area contributed by atoms with E-state index in [2.05, 4.69) is 17.2 Å². The molecule has 0 bridgehead atoms. The van der Waals surface area contributed by atoms with Gasteiger partial charge in [0.05, 0.1) is 5.16 Å². The smallest absolute Gasteiger partial charge is 0.196 e.